The second-order valence-corrected chi connectivity index (χ2v) is 7.49. The molecule has 4 rings (SSSR count). The molecule has 0 bridgehead atoms. The standard InChI is InChI=1S/C20H29N7O3/c1-2-3-8-30-20-24-18(21)17-19(25-20)27(13-16(28)23-17)12-14-4-5-22-15(11-14)26-6-9-29-10-7-26/h4,11,22H,2-3,5-10,12-13H2,1H3,(H,23,28)(H2,21,24,25). The Morgan fingerprint density at radius 2 is 2.13 bits per heavy atom. The van der Waals surface area contributed by atoms with Gasteiger partial charge in [-0.1, -0.05) is 19.4 Å². The van der Waals surface area contributed by atoms with E-state index >= 15 is 0 Å². The summed E-state index contributed by atoms with van der Waals surface area (Å²) >= 11 is 0. The lowest BCUT2D eigenvalue weighted by molar-refractivity contribution is -0.115. The number of hydrogen-bond acceptors (Lipinski definition) is 9. The van der Waals surface area contributed by atoms with Crippen molar-refractivity contribution in [2.24, 2.45) is 0 Å². The quantitative estimate of drug-likeness (QED) is 0.553. The number of morpholine rings is 1. The first-order valence-corrected chi connectivity index (χ1v) is 10.5. The number of carbonyl (C=O) groups excluding carboxylic acids is 1. The molecule has 10 heteroatoms. The largest absolute Gasteiger partial charge is 0.463 e. The fourth-order valence-corrected chi connectivity index (χ4v) is 3.63. The van der Waals surface area contributed by atoms with Gasteiger partial charge in [0.25, 0.3) is 0 Å². The van der Waals surface area contributed by atoms with Crippen molar-refractivity contribution in [1.29, 1.82) is 0 Å². The molecule has 0 atom stereocenters. The number of nitrogens with one attached hydrogen (secondary N) is 2. The molecule has 3 aliphatic rings. The van der Waals surface area contributed by atoms with Gasteiger partial charge in [0.1, 0.15) is 11.5 Å². The fraction of sp³-hybridized carbons (Fsp3) is 0.550. The minimum atomic E-state index is -0.135. The minimum absolute atomic E-state index is 0.135. The number of nitrogen functional groups attached to an aromatic ring is 1. The number of nitrogens with zero attached hydrogens (tertiary/aromatic N) is 4. The normalized spacial score (nSPS) is 18.8. The highest BCUT2D eigenvalue weighted by Crippen LogP contribution is 2.34. The molecular formula is C20H29N7O3. The van der Waals surface area contributed by atoms with Crippen LogP contribution >= 0.6 is 0 Å². The number of carbonyl (C=O) groups is 1. The van der Waals surface area contributed by atoms with E-state index in [1.165, 1.54) is 0 Å². The van der Waals surface area contributed by atoms with Crippen LogP contribution in [0.1, 0.15) is 19.8 Å². The van der Waals surface area contributed by atoms with Gasteiger partial charge in [0.2, 0.25) is 5.91 Å². The van der Waals surface area contributed by atoms with E-state index < -0.39 is 0 Å². The molecule has 162 valence electrons. The summed E-state index contributed by atoms with van der Waals surface area (Å²) in [5, 5.41) is 6.22. The van der Waals surface area contributed by atoms with Gasteiger partial charge >= 0.3 is 6.01 Å². The van der Waals surface area contributed by atoms with E-state index in [9.17, 15) is 4.79 Å². The smallest absolute Gasteiger partial charge is 0.320 e. The van der Waals surface area contributed by atoms with E-state index in [1.807, 2.05) is 4.90 Å². The first-order valence-electron chi connectivity index (χ1n) is 10.5. The van der Waals surface area contributed by atoms with Crippen molar-refractivity contribution in [2.75, 3.05) is 68.5 Å². The minimum Gasteiger partial charge on any atom is -0.463 e. The molecule has 1 aromatic heterocycles. The molecular weight excluding hydrogens is 386 g/mol. The van der Waals surface area contributed by atoms with Gasteiger partial charge < -0.3 is 35.6 Å². The maximum absolute atomic E-state index is 12.3. The molecule has 0 saturated carbocycles. The summed E-state index contributed by atoms with van der Waals surface area (Å²) in [4.78, 5) is 25.2. The topological polar surface area (TPSA) is 118 Å². The van der Waals surface area contributed by atoms with Crippen molar-refractivity contribution in [1.82, 2.24) is 20.2 Å². The van der Waals surface area contributed by atoms with Crippen LogP contribution in [0.25, 0.3) is 0 Å². The molecule has 4 heterocycles. The average molecular weight is 415 g/mol. The summed E-state index contributed by atoms with van der Waals surface area (Å²) in [5.41, 5.74) is 7.65. The number of nitrogens with two attached hydrogens (primary N) is 1. The average Bonchev–Trinajstić information content (AvgIpc) is 2.76. The maximum atomic E-state index is 12.3. The van der Waals surface area contributed by atoms with Crippen LogP contribution < -0.4 is 26.0 Å². The van der Waals surface area contributed by atoms with Gasteiger partial charge in [-0.25, -0.2) is 0 Å². The van der Waals surface area contributed by atoms with Gasteiger partial charge in [0, 0.05) is 26.2 Å². The monoisotopic (exact) mass is 415 g/mol. The number of fused-ring (bicyclic) bond motifs is 1. The molecule has 0 unspecified atom stereocenters. The van der Waals surface area contributed by atoms with Crippen LogP contribution in [-0.2, 0) is 9.53 Å². The third-order valence-corrected chi connectivity index (χ3v) is 5.22. The van der Waals surface area contributed by atoms with E-state index in [1.54, 1.807) is 0 Å². The van der Waals surface area contributed by atoms with Gasteiger partial charge in [0.15, 0.2) is 11.6 Å². The summed E-state index contributed by atoms with van der Waals surface area (Å²) in [7, 11) is 0. The predicted octanol–water partition coefficient (Wildman–Crippen LogP) is 0.699. The fourth-order valence-electron chi connectivity index (χ4n) is 3.63. The number of ether oxygens (including phenoxy) is 2. The van der Waals surface area contributed by atoms with E-state index in [0.29, 0.717) is 24.7 Å². The zero-order valence-electron chi connectivity index (χ0n) is 17.3. The second-order valence-electron chi connectivity index (χ2n) is 7.49. The number of unbranched alkanes of at least 4 members (excludes halogenated alkanes) is 1. The van der Waals surface area contributed by atoms with Gasteiger partial charge in [0.05, 0.1) is 26.4 Å². The molecule has 10 nitrogen and oxygen atoms in total. The summed E-state index contributed by atoms with van der Waals surface area (Å²) < 4.78 is 11.1. The van der Waals surface area contributed by atoms with Gasteiger partial charge in [-0.15, -0.1) is 0 Å². The van der Waals surface area contributed by atoms with Crippen LogP contribution in [0.3, 0.4) is 0 Å². The summed E-state index contributed by atoms with van der Waals surface area (Å²) in [5.74, 6) is 1.76. The summed E-state index contributed by atoms with van der Waals surface area (Å²) in [6, 6.07) is 0.240. The Balaban J connectivity index is 1.54. The Hall–Kier alpha value is -3.01. The van der Waals surface area contributed by atoms with E-state index in [0.717, 1.165) is 57.1 Å². The van der Waals surface area contributed by atoms with Crippen molar-refractivity contribution in [3.05, 3.63) is 23.5 Å². The first kappa shape index (κ1) is 20.3. The van der Waals surface area contributed by atoms with Gasteiger partial charge in [-0.05, 0) is 18.1 Å². The van der Waals surface area contributed by atoms with Crippen molar-refractivity contribution < 1.29 is 14.3 Å². The Morgan fingerprint density at radius 3 is 2.93 bits per heavy atom. The molecule has 1 aromatic rings. The Bertz CT molecular complexity index is 849. The molecule has 3 aliphatic heterocycles. The maximum Gasteiger partial charge on any atom is 0.320 e. The molecule has 0 spiro atoms. The van der Waals surface area contributed by atoms with Crippen molar-refractivity contribution in [2.45, 2.75) is 19.8 Å². The van der Waals surface area contributed by atoms with E-state index in [-0.39, 0.29) is 24.3 Å². The van der Waals surface area contributed by atoms with Crippen LogP contribution in [0.15, 0.2) is 23.5 Å². The highest BCUT2D eigenvalue weighted by Gasteiger charge is 2.28. The molecule has 4 N–H and O–H groups in total. The third kappa shape index (κ3) is 4.59. The number of rotatable bonds is 7. The lowest BCUT2D eigenvalue weighted by atomic mass is 10.1. The number of dihydropyridines is 1. The zero-order valence-corrected chi connectivity index (χ0v) is 17.3. The zero-order chi connectivity index (χ0) is 20.9. The van der Waals surface area contributed by atoms with Crippen LogP contribution in [0, 0.1) is 0 Å². The number of hydrogen-bond donors (Lipinski definition) is 3. The number of amides is 1. The summed E-state index contributed by atoms with van der Waals surface area (Å²) in [6.45, 7) is 7.29. The van der Waals surface area contributed by atoms with Crippen molar-refractivity contribution in [3.63, 3.8) is 0 Å². The SMILES string of the molecule is CCCCOc1nc(N)c2c(n1)N(CC1=CCNC(N3CCOCC3)=C1)CC(=O)N2. The second kappa shape index (κ2) is 9.21. The molecule has 1 fully saturated rings. The molecule has 1 amide bonds. The van der Waals surface area contributed by atoms with E-state index in [2.05, 4.69) is 44.6 Å². The van der Waals surface area contributed by atoms with Crippen LogP contribution in [0.2, 0.25) is 0 Å². The van der Waals surface area contributed by atoms with Crippen LogP contribution in [-0.4, -0.2) is 73.3 Å². The van der Waals surface area contributed by atoms with Gasteiger partial charge in [-0.3, -0.25) is 4.79 Å². The molecule has 30 heavy (non-hydrogen) atoms. The predicted molar refractivity (Wildman–Crippen MR) is 114 cm³/mol. The Kier molecular flexibility index (Phi) is 6.22. The first-order chi connectivity index (χ1) is 14.6. The highest BCUT2D eigenvalue weighted by atomic mass is 16.5. The number of aromatic nitrogens is 2. The van der Waals surface area contributed by atoms with Crippen LogP contribution in [0.5, 0.6) is 6.01 Å². The lowest BCUT2D eigenvalue weighted by Crippen LogP contribution is -2.43. The van der Waals surface area contributed by atoms with Gasteiger partial charge in [-0.2, -0.15) is 9.97 Å². The number of anilines is 3. The lowest BCUT2D eigenvalue weighted by Gasteiger charge is -2.34. The third-order valence-electron chi connectivity index (χ3n) is 5.22. The van der Waals surface area contributed by atoms with Crippen molar-refractivity contribution >= 4 is 23.2 Å². The molecule has 0 aromatic carbocycles. The molecule has 0 radical (unpaired) electrons. The van der Waals surface area contributed by atoms with Crippen molar-refractivity contribution in [3.8, 4) is 6.01 Å². The Morgan fingerprint density at radius 1 is 1.30 bits per heavy atom. The molecule has 0 aliphatic carbocycles. The molecule has 1 saturated heterocycles. The van der Waals surface area contributed by atoms with E-state index in [4.69, 9.17) is 15.2 Å². The summed E-state index contributed by atoms with van der Waals surface area (Å²) in [6.07, 6.45) is 6.18. The Labute approximate surface area is 176 Å². The van der Waals surface area contributed by atoms with Crippen LogP contribution in [0.4, 0.5) is 17.3 Å². The highest BCUT2D eigenvalue weighted by molar-refractivity contribution is 6.03.